The van der Waals surface area contributed by atoms with E-state index in [0.717, 1.165) is 16.8 Å². The average Bonchev–Trinajstić information content (AvgIpc) is 2.49. The van der Waals surface area contributed by atoms with Gasteiger partial charge in [0.15, 0.2) is 0 Å². The molecule has 1 aromatic heterocycles. The maximum Gasteiger partial charge on any atom is 0.0702 e. The van der Waals surface area contributed by atoms with Crippen molar-refractivity contribution >= 4 is 0 Å². The first kappa shape index (κ1) is 10.7. The minimum atomic E-state index is 0.990. The lowest BCUT2D eigenvalue weighted by atomic mass is 10.0. The lowest BCUT2D eigenvalue weighted by Crippen LogP contribution is -1.83. The molecule has 0 fully saturated rings. The van der Waals surface area contributed by atoms with Crippen LogP contribution in [0.1, 0.15) is 0 Å². The van der Waals surface area contributed by atoms with Crippen LogP contribution in [0.25, 0.3) is 22.4 Å². The molecule has 18 heavy (non-hydrogen) atoms. The van der Waals surface area contributed by atoms with Crippen LogP contribution in [-0.4, -0.2) is 4.98 Å². The van der Waals surface area contributed by atoms with Gasteiger partial charge in [0.05, 0.1) is 5.69 Å². The van der Waals surface area contributed by atoms with Crippen molar-refractivity contribution in [1.82, 2.24) is 4.98 Å². The van der Waals surface area contributed by atoms with Gasteiger partial charge in [0.2, 0.25) is 0 Å². The van der Waals surface area contributed by atoms with Crippen molar-refractivity contribution in [3.63, 3.8) is 0 Å². The Bertz CT molecular complexity index is 575. The molecule has 0 amide bonds. The van der Waals surface area contributed by atoms with Crippen LogP contribution in [0.5, 0.6) is 0 Å². The Kier molecular flexibility index (Phi) is 2.89. The molecule has 1 heterocycles. The van der Waals surface area contributed by atoms with Crippen molar-refractivity contribution in [3.8, 4) is 22.4 Å². The van der Waals surface area contributed by atoms with E-state index in [9.17, 15) is 0 Å². The van der Waals surface area contributed by atoms with Gasteiger partial charge >= 0.3 is 0 Å². The fourth-order valence-corrected chi connectivity index (χ4v) is 1.94. The topological polar surface area (TPSA) is 12.9 Å². The monoisotopic (exact) mass is 230 g/mol. The van der Waals surface area contributed by atoms with Crippen LogP contribution in [0.3, 0.4) is 0 Å². The largest absolute Gasteiger partial charge is 0.256 e. The predicted molar refractivity (Wildman–Crippen MR) is 73.9 cm³/mol. The summed E-state index contributed by atoms with van der Waals surface area (Å²) in [7, 11) is 0. The third-order valence-corrected chi connectivity index (χ3v) is 2.85. The molecule has 0 aliphatic carbocycles. The summed E-state index contributed by atoms with van der Waals surface area (Å²) < 4.78 is 0. The Morgan fingerprint density at radius 1 is 0.778 bits per heavy atom. The van der Waals surface area contributed by atoms with Crippen LogP contribution in [0, 0.1) is 6.07 Å². The van der Waals surface area contributed by atoms with Crippen molar-refractivity contribution in [2.45, 2.75) is 0 Å². The third kappa shape index (κ3) is 2.16. The molecule has 3 rings (SSSR count). The van der Waals surface area contributed by atoms with Gasteiger partial charge in [0.1, 0.15) is 0 Å². The van der Waals surface area contributed by atoms with Gasteiger partial charge in [-0.1, -0.05) is 48.5 Å². The van der Waals surface area contributed by atoms with Gasteiger partial charge in [0, 0.05) is 11.8 Å². The van der Waals surface area contributed by atoms with Gasteiger partial charge in [-0.3, -0.25) is 4.98 Å². The highest BCUT2D eigenvalue weighted by molar-refractivity contribution is 5.70. The molecule has 1 radical (unpaired) electrons. The molecule has 1 nitrogen and oxygen atoms in total. The van der Waals surface area contributed by atoms with Crippen molar-refractivity contribution < 1.29 is 0 Å². The molecule has 3 aromatic rings. The summed E-state index contributed by atoms with van der Waals surface area (Å²) in [5, 5.41) is 0. The Morgan fingerprint density at radius 3 is 2.39 bits per heavy atom. The highest BCUT2D eigenvalue weighted by Crippen LogP contribution is 2.24. The average molecular weight is 230 g/mol. The molecule has 0 aliphatic rings. The maximum absolute atomic E-state index is 4.37. The summed E-state index contributed by atoms with van der Waals surface area (Å²) in [5.41, 5.74) is 4.38. The van der Waals surface area contributed by atoms with Gasteiger partial charge in [-0.05, 0) is 35.4 Å². The number of pyridine rings is 1. The number of benzene rings is 2. The zero-order chi connectivity index (χ0) is 12.2. The maximum atomic E-state index is 4.37. The SMILES string of the molecule is [c]1ccc(-c2ccccn2)cc1-c1ccccc1. The van der Waals surface area contributed by atoms with E-state index in [-0.39, 0.29) is 0 Å². The summed E-state index contributed by atoms with van der Waals surface area (Å²) in [6.45, 7) is 0. The van der Waals surface area contributed by atoms with Crippen LogP contribution in [0.15, 0.2) is 72.9 Å². The lowest BCUT2D eigenvalue weighted by Gasteiger charge is -2.04. The molecule has 85 valence electrons. The van der Waals surface area contributed by atoms with Crippen LogP contribution >= 0.6 is 0 Å². The molecule has 0 spiro atoms. The highest BCUT2D eigenvalue weighted by Gasteiger charge is 2.01. The highest BCUT2D eigenvalue weighted by atomic mass is 14.7. The first-order valence-corrected chi connectivity index (χ1v) is 5.92. The second-order valence-electron chi connectivity index (χ2n) is 4.07. The Hall–Kier alpha value is -2.41. The van der Waals surface area contributed by atoms with Crippen LogP contribution in [0.2, 0.25) is 0 Å². The summed E-state index contributed by atoms with van der Waals surface area (Å²) >= 11 is 0. The van der Waals surface area contributed by atoms with Crippen LogP contribution in [-0.2, 0) is 0 Å². The Labute approximate surface area is 107 Å². The number of rotatable bonds is 2. The van der Waals surface area contributed by atoms with Gasteiger partial charge in [-0.15, -0.1) is 0 Å². The van der Waals surface area contributed by atoms with Crippen molar-refractivity contribution in [1.29, 1.82) is 0 Å². The molecule has 0 aliphatic heterocycles. The van der Waals surface area contributed by atoms with Crippen molar-refractivity contribution in [2.24, 2.45) is 0 Å². The summed E-state index contributed by atoms with van der Waals surface area (Å²) in [5.74, 6) is 0. The standard InChI is InChI=1S/C17H12N/c1-2-7-14(8-3-1)15-9-6-10-16(13-15)17-11-4-5-12-18-17/h1-8,10-13H. The minimum Gasteiger partial charge on any atom is -0.256 e. The molecule has 1 heteroatoms. The van der Waals surface area contributed by atoms with Gasteiger partial charge in [0.25, 0.3) is 0 Å². The zero-order valence-corrected chi connectivity index (χ0v) is 9.88. The van der Waals surface area contributed by atoms with E-state index in [1.165, 1.54) is 5.56 Å². The molecule has 0 N–H and O–H groups in total. The number of hydrogen-bond acceptors (Lipinski definition) is 1. The van der Waals surface area contributed by atoms with Gasteiger partial charge < -0.3 is 0 Å². The van der Waals surface area contributed by atoms with Crippen molar-refractivity contribution in [3.05, 3.63) is 79.0 Å². The van der Waals surface area contributed by atoms with Crippen molar-refractivity contribution in [2.75, 3.05) is 0 Å². The smallest absolute Gasteiger partial charge is 0.0702 e. The van der Waals surface area contributed by atoms with E-state index >= 15 is 0 Å². The summed E-state index contributed by atoms with van der Waals surface area (Å²) in [4.78, 5) is 4.37. The van der Waals surface area contributed by atoms with E-state index in [0.29, 0.717) is 0 Å². The molecular weight excluding hydrogens is 218 g/mol. The molecule has 0 atom stereocenters. The molecule has 0 saturated carbocycles. The first-order chi connectivity index (χ1) is 8.93. The molecule has 0 saturated heterocycles. The molecular formula is C17H12N. The van der Waals surface area contributed by atoms with Gasteiger partial charge in [-0.2, -0.15) is 0 Å². The van der Waals surface area contributed by atoms with E-state index in [4.69, 9.17) is 0 Å². The van der Waals surface area contributed by atoms with Crippen LogP contribution < -0.4 is 0 Å². The summed E-state index contributed by atoms with van der Waals surface area (Å²) in [6, 6.07) is 25.6. The zero-order valence-electron chi connectivity index (χ0n) is 9.88. The van der Waals surface area contributed by atoms with E-state index in [1.807, 2.05) is 54.7 Å². The fraction of sp³-hybridized carbons (Fsp3) is 0. The minimum absolute atomic E-state index is 0.990. The number of hydrogen-bond donors (Lipinski definition) is 0. The normalized spacial score (nSPS) is 10.2. The number of nitrogens with zero attached hydrogens (tertiary/aromatic N) is 1. The second-order valence-corrected chi connectivity index (χ2v) is 4.07. The molecule has 0 bridgehead atoms. The molecule has 2 aromatic carbocycles. The Balaban J connectivity index is 2.05. The van der Waals surface area contributed by atoms with E-state index in [1.54, 1.807) is 0 Å². The quantitative estimate of drug-likeness (QED) is 0.642. The third-order valence-electron chi connectivity index (χ3n) is 2.85. The first-order valence-electron chi connectivity index (χ1n) is 5.92. The van der Waals surface area contributed by atoms with E-state index < -0.39 is 0 Å². The van der Waals surface area contributed by atoms with Gasteiger partial charge in [-0.25, -0.2) is 0 Å². The van der Waals surface area contributed by atoms with Crippen LogP contribution in [0.4, 0.5) is 0 Å². The fourth-order valence-electron chi connectivity index (χ4n) is 1.94. The molecule has 0 unspecified atom stereocenters. The lowest BCUT2D eigenvalue weighted by molar-refractivity contribution is 1.33. The number of aromatic nitrogens is 1. The van der Waals surface area contributed by atoms with E-state index in [2.05, 4.69) is 29.2 Å². The second kappa shape index (κ2) is 4.84. The predicted octanol–water partition coefficient (Wildman–Crippen LogP) is 4.22. The summed E-state index contributed by atoms with van der Waals surface area (Å²) in [6.07, 6.45) is 1.81. The Morgan fingerprint density at radius 2 is 1.61 bits per heavy atom.